The molecule has 0 spiro atoms. The molecule has 0 saturated heterocycles. The van der Waals surface area contributed by atoms with Crippen LogP contribution in [0, 0.1) is 5.82 Å². The summed E-state index contributed by atoms with van der Waals surface area (Å²) in [5.41, 5.74) is 7.72. The maximum absolute atomic E-state index is 15.4. The fraction of sp³-hybridized carbons (Fsp3) is 0.188. The minimum Gasteiger partial charge on any atom is -0.463 e. The van der Waals surface area contributed by atoms with E-state index >= 15 is 4.39 Å². The zero-order valence-electron chi connectivity index (χ0n) is 23.1. The second kappa shape index (κ2) is 11.1. The van der Waals surface area contributed by atoms with Gasteiger partial charge in [0, 0.05) is 34.6 Å². The number of halogens is 2. The Hall–Kier alpha value is -4.80. The third kappa shape index (κ3) is 4.98. The summed E-state index contributed by atoms with van der Waals surface area (Å²) in [7, 11) is 0. The molecule has 0 bridgehead atoms. The van der Waals surface area contributed by atoms with Crippen LogP contribution in [0.4, 0.5) is 4.39 Å². The molecule has 5 aromatic rings. The summed E-state index contributed by atoms with van der Waals surface area (Å²) in [6.07, 6.45) is 6.60. The third-order valence-corrected chi connectivity index (χ3v) is 7.52. The van der Waals surface area contributed by atoms with Crippen molar-refractivity contribution < 1.29 is 32.7 Å². The number of benzene rings is 2. The number of ether oxygens (including phenoxy) is 2. The molecule has 0 aliphatic heterocycles. The lowest BCUT2D eigenvalue weighted by Crippen LogP contribution is -2.30. The van der Waals surface area contributed by atoms with E-state index in [1.807, 2.05) is 0 Å². The fourth-order valence-corrected chi connectivity index (χ4v) is 5.44. The smallest absolute Gasteiger partial charge is 0.355 e. The zero-order chi connectivity index (χ0) is 30.4. The minimum atomic E-state index is -0.799. The molecule has 1 aliphatic carbocycles. The van der Waals surface area contributed by atoms with Crippen molar-refractivity contribution in [3.8, 4) is 5.75 Å². The Bertz CT molecular complexity index is 2040. The van der Waals surface area contributed by atoms with Crippen molar-refractivity contribution in [2.75, 3.05) is 6.61 Å². The maximum Gasteiger partial charge on any atom is 0.355 e. The lowest BCUT2D eigenvalue weighted by molar-refractivity contribution is -0.135. The van der Waals surface area contributed by atoms with E-state index in [0.717, 1.165) is 0 Å². The summed E-state index contributed by atoms with van der Waals surface area (Å²) in [6.45, 7) is 3.25. The highest BCUT2D eigenvalue weighted by molar-refractivity contribution is 6.31. The molecule has 1 atom stereocenters. The van der Waals surface area contributed by atoms with Crippen molar-refractivity contribution in [3.63, 3.8) is 0 Å². The van der Waals surface area contributed by atoms with E-state index in [4.69, 9.17) is 31.2 Å². The number of carbonyl (C=O) groups is 3. The van der Waals surface area contributed by atoms with Crippen molar-refractivity contribution >= 4 is 67.7 Å². The van der Waals surface area contributed by atoms with Crippen LogP contribution in [0.5, 0.6) is 5.75 Å². The number of nitrogens with zero attached hydrogens (tertiary/aromatic N) is 2. The summed E-state index contributed by atoms with van der Waals surface area (Å²) in [4.78, 5) is 43.2. The van der Waals surface area contributed by atoms with Crippen LogP contribution in [0.2, 0.25) is 5.15 Å². The van der Waals surface area contributed by atoms with E-state index in [0.29, 0.717) is 32.9 Å². The minimum absolute atomic E-state index is 0.0171. The Morgan fingerprint density at radius 1 is 1.23 bits per heavy atom. The van der Waals surface area contributed by atoms with Gasteiger partial charge in [0.1, 0.15) is 34.0 Å². The van der Waals surface area contributed by atoms with Crippen LogP contribution in [-0.2, 0) is 20.9 Å². The maximum atomic E-state index is 15.4. The van der Waals surface area contributed by atoms with Gasteiger partial charge in [-0.05, 0) is 44.2 Å². The van der Waals surface area contributed by atoms with Gasteiger partial charge in [-0.15, -0.1) is 0 Å². The number of hydrogen-bond donors (Lipinski definition) is 1. The number of Topliss-reactive ketones (excluding diaryl/α,β-unsaturated/α-hetero) is 1. The molecule has 0 radical (unpaired) electrons. The standard InChI is InChI=1S/C32H25ClFN3O6/c1-3-41-32(40)28-26(21-6-4-5-7-25(21)38)27-24(14-22(34)20-10-11-42-29(20)27)37(28)15-18-12-17-8-9-19(43-31(39)16(2)35)13-23(17)36-30(18)33/h4-6,8-14,16H,3,7,15,35H2,1-2H3/t16-/m1/s1. The molecule has 1 aliphatic rings. The molecule has 3 heterocycles. The first-order chi connectivity index (χ1) is 20.7. The lowest BCUT2D eigenvalue weighted by atomic mass is 9.93. The number of esters is 2. The highest BCUT2D eigenvalue weighted by Gasteiger charge is 2.32. The highest BCUT2D eigenvalue weighted by Crippen LogP contribution is 2.41. The van der Waals surface area contributed by atoms with Gasteiger partial charge in [0.25, 0.3) is 0 Å². The van der Waals surface area contributed by atoms with Gasteiger partial charge >= 0.3 is 11.9 Å². The number of aromatic nitrogens is 2. The van der Waals surface area contributed by atoms with Gasteiger partial charge in [0.05, 0.1) is 41.2 Å². The molecule has 2 aromatic carbocycles. The van der Waals surface area contributed by atoms with Crippen molar-refractivity contribution in [1.82, 2.24) is 9.55 Å². The van der Waals surface area contributed by atoms with Crippen LogP contribution in [0.3, 0.4) is 0 Å². The molecule has 0 unspecified atom stereocenters. The fourth-order valence-electron chi connectivity index (χ4n) is 5.23. The average Bonchev–Trinajstić information content (AvgIpc) is 3.58. The predicted octanol–water partition coefficient (Wildman–Crippen LogP) is 6.12. The average molecular weight is 602 g/mol. The van der Waals surface area contributed by atoms with Crippen LogP contribution < -0.4 is 10.5 Å². The number of furan rings is 1. The molecule has 3 aromatic heterocycles. The number of pyridine rings is 1. The number of ketones is 1. The summed E-state index contributed by atoms with van der Waals surface area (Å²) in [5, 5.41) is 1.40. The number of allylic oxidation sites excluding steroid dienone is 4. The number of fused-ring (bicyclic) bond motifs is 4. The van der Waals surface area contributed by atoms with Crippen LogP contribution in [0.1, 0.15) is 41.9 Å². The second-order valence-electron chi connectivity index (χ2n) is 10.1. The molecule has 0 saturated carbocycles. The Balaban J connectivity index is 1.57. The molecule has 0 amide bonds. The van der Waals surface area contributed by atoms with Gasteiger partial charge < -0.3 is 24.2 Å². The van der Waals surface area contributed by atoms with E-state index in [-0.39, 0.29) is 58.5 Å². The first kappa shape index (κ1) is 28.3. The largest absolute Gasteiger partial charge is 0.463 e. The lowest BCUT2D eigenvalue weighted by Gasteiger charge is -2.14. The zero-order valence-corrected chi connectivity index (χ0v) is 23.9. The van der Waals surface area contributed by atoms with Crippen LogP contribution in [0.15, 0.2) is 65.3 Å². The topological polar surface area (TPSA) is 127 Å². The number of nitrogens with two attached hydrogens (primary N) is 1. The van der Waals surface area contributed by atoms with E-state index < -0.39 is 23.8 Å². The molecule has 0 fully saturated rings. The van der Waals surface area contributed by atoms with E-state index in [2.05, 4.69) is 4.98 Å². The molecule has 6 rings (SSSR count). The van der Waals surface area contributed by atoms with Crippen molar-refractivity contribution in [3.05, 3.63) is 88.7 Å². The van der Waals surface area contributed by atoms with Crippen molar-refractivity contribution in [2.45, 2.75) is 32.9 Å². The van der Waals surface area contributed by atoms with Gasteiger partial charge in [-0.25, -0.2) is 19.0 Å². The Morgan fingerprint density at radius 3 is 2.79 bits per heavy atom. The Kier molecular flexibility index (Phi) is 7.33. The summed E-state index contributed by atoms with van der Waals surface area (Å²) in [6, 6.07) is 8.66. The molecule has 2 N–H and O–H groups in total. The summed E-state index contributed by atoms with van der Waals surface area (Å²) < 4.78 is 33.4. The normalized spacial score (nSPS) is 14.0. The monoisotopic (exact) mass is 601 g/mol. The molecular weight excluding hydrogens is 577 g/mol. The van der Waals surface area contributed by atoms with Crippen molar-refractivity contribution in [2.24, 2.45) is 5.73 Å². The quantitative estimate of drug-likeness (QED) is 0.134. The molecule has 11 heteroatoms. The first-order valence-corrected chi connectivity index (χ1v) is 13.9. The van der Waals surface area contributed by atoms with E-state index in [1.54, 1.807) is 54.0 Å². The highest BCUT2D eigenvalue weighted by atomic mass is 35.5. The third-order valence-electron chi connectivity index (χ3n) is 7.19. The Morgan fingerprint density at radius 2 is 2.05 bits per heavy atom. The SMILES string of the molecule is CCOC(=O)c1c(C2=CC=CCC2=O)c2c3occc3c(F)cc2n1Cc1cc2ccc(OC(=O)[C@@H](C)N)cc2nc1Cl. The molecule has 218 valence electrons. The molecule has 9 nitrogen and oxygen atoms in total. The number of rotatable bonds is 7. The van der Waals surface area contributed by atoms with E-state index in [1.165, 1.54) is 25.3 Å². The van der Waals surface area contributed by atoms with Gasteiger partial charge in [0.15, 0.2) is 5.78 Å². The van der Waals surface area contributed by atoms with Gasteiger partial charge in [-0.1, -0.05) is 29.8 Å². The first-order valence-electron chi connectivity index (χ1n) is 13.5. The van der Waals surface area contributed by atoms with Gasteiger partial charge in [-0.3, -0.25) is 4.79 Å². The van der Waals surface area contributed by atoms with Gasteiger partial charge in [-0.2, -0.15) is 0 Å². The molecular formula is C32H25ClFN3O6. The number of hydrogen-bond acceptors (Lipinski definition) is 8. The van der Waals surface area contributed by atoms with Crippen LogP contribution in [-0.4, -0.2) is 39.9 Å². The predicted molar refractivity (Wildman–Crippen MR) is 160 cm³/mol. The second-order valence-corrected chi connectivity index (χ2v) is 10.4. The van der Waals surface area contributed by atoms with Gasteiger partial charge in [0.2, 0.25) is 0 Å². The van der Waals surface area contributed by atoms with Crippen molar-refractivity contribution in [1.29, 1.82) is 0 Å². The van der Waals surface area contributed by atoms with Crippen LogP contribution >= 0.6 is 11.6 Å². The molecule has 43 heavy (non-hydrogen) atoms. The summed E-state index contributed by atoms with van der Waals surface area (Å²) in [5.74, 6) is -1.79. The summed E-state index contributed by atoms with van der Waals surface area (Å²) >= 11 is 6.66. The van der Waals surface area contributed by atoms with Crippen LogP contribution in [0.25, 0.3) is 38.3 Å². The Labute approximate surface area is 249 Å². The van der Waals surface area contributed by atoms with E-state index in [9.17, 15) is 14.4 Å². The number of carbonyl (C=O) groups excluding carboxylic acids is 3.